The van der Waals surface area contributed by atoms with Gasteiger partial charge in [-0.3, -0.25) is 19.3 Å². The standard InChI is InChI=1S/C22H25N3O5/c1-13-7-5-6-10-22(13)20(28)25(21(29)24-22)11-18(27)30-12-17(26)19-14(2)23-16-9-4-3-8-15(16)19/h3-4,8-9,13,23H,5-7,10-12H2,1-2H3,(H,24,29)/t13-,22-/m0/s1. The van der Waals surface area contributed by atoms with Gasteiger partial charge in [0, 0.05) is 22.2 Å². The molecule has 2 atom stereocenters. The number of hydrogen-bond donors (Lipinski definition) is 2. The van der Waals surface area contributed by atoms with Gasteiger partial charge >= 0.3 is 12.0 Å². The first kappa shape index (κ1) is 20.1. The van der Waals surface area contributed by atoms with Gasteiger partial charge in [0.05, 0.1) is 0 Å². The van der Waals surface area contributed by atoms with Gasteiger partial charge in [-0.1, -0.05) is 38.0 Å². The number of H-pyrrole nitrogens is 1. The van der Waals surface area contributed by atoms with Gasteiger partial charge in [-0.25, -0.2) is 4.79 Å². The van der Waals surface area contributed by atoms with E-state index < -0.39 is 30.7 Å². The van der Waals surface area contributed by atoms with Crippen LogP contribution in [0.25, 0.3) is 10.9 Å². The van der Waals surface area contributed by atoms with Crippen molar-refractivity contribution in [2.45, 2.75) is 45.1 Å². The fourth-order valence-electron chi connectivity index (χ4n) is 4.67. The highest BCUT2D eigenvalue weighted by Crippen LogP contribution is 2.38. The van der Waals surface area contributed by atoms with Crippen LogP contribution in [0, 0.1) is 12.8 Å². The molecule has 1 aromatic carbocycles. The predicted molar refractivity (Wildman–Crippen MR) is 109 cm³/mol. The van der Waals surface area contributed by atoms with Crippen LogP contribution in [0.3, 0.4) is 0 Å². The van der Waals surface area contributed by atoms with Gasteiger partial charge < -0.3 is 15.0 Å². The number of Topliss-reactive ketones (excluding diaryl/α,β-unsaturated/α-hetero) is 1. The van der Waals surface area contributed by atoms with Crippen LogP contribution < -0.4 is 5.32 Å². The number of nitrogens with one attached hydrogen (secondary N) is 2. The van der Waals surface area contributed by atoms with Crippen molar-refractivity contribution in [1.82, 2.24) is 15.2 Å². The average molecular weight is 411 g/mol. The SMILES string of the molecule is Cc1[nH]c2ccccc2c1C(=O)COC(=O)CN1C(=O)N[C@]2(CCCC[C@@H]2C)C1=O. The number of carbonyl (C=O) groups is 4. The van der Waals surface area contributed by atoms with E-state index in [1.807, 2.05) is 31.2 Å². The molecular weight excluding hydrogens is 386 g/mol. The quantitative estimate of drug-likeness (QED) is 0.447. The Morgan fingerprint density at radius 1 is 1.23 bits per heavy atom. The molecule has 30 heavy (non-hydrogen) atoms. The van der Waals surface area contributed by atoms with E-state index in [1.54, 1.807) is 6.92 Å². The van der Waals surface area contributed by atoms with Gasteiger partial charge in [-0.2, -0.15) is 0 Å². The Balaban J connectivity index is 1.40. The van der Waals surface area contributed by atoms with E-state index in [1.165, 1.54) is 0 Å². The zero-order valence-corrected chi connectivity index (χ0v) is 17.1. The maximum atomic E-state index is 12.9. The molecule has 1 saturated heterocycles. The summed E-state index contributed by atoms with van der Waals surface area (Å²) in [4.78, 5) is 54.3. The third kappa shape index (κ3) is 3.26. The zero-order valence-electron chi connectivity index (χ0n) is 17.1. The Kier molecular flexibility index (Phi) is 5.09. The number of fused-ring (bicyclic) bond motifs is 1. The largest absolute Gasteiger partial charge is 0.456 e. The van der Waals surface area contributed by atoms with Gasteiger partial charge in [-0.15, -0.1) is 0 Å². The topological polar surface area (TPSA) is 109 Å². The highest BCUT2D eigenvalue weighted by atomic mass is 16.5. The fourth-order valence-corrected chi connectivity index (χ4v) is 4.67. The fraction of sp³-hybridized carbons (Fsp3) is 0.455. The molecule has 1 spiro atoms. The number of ether oxygens (including phenoxy) is 1. The van der Waals surface area contributed by atoms with E-state index in [2.05, 4.69) is 10.3 Å². The summed E-state index contributed by atoms with van der Waals surface area (Å²) in [5.74, 6) is -1.50. The van der Waals surface area contributed by atoms with Crippen molar-refractivity contribution in [2.75, 3.05) is 13.2 Å². The summed E-state index contributed by atoms with van der Waals surface area (Å²) in [7, 11) is 0. The van der Waals surface area contributed by atoms with Crippen LogP contribution in [0.5, 0.6) is 0 Å². The smallest absolute Gasteiger partial charge is 0.326 e. The number of nitrogens with zero attached hydrogens (tertiary/aromatic N) is 1. The summed E-state index contributed by atoms with van der Waals surface area (Å²) in [5.41, 5.74) is 1.07. The van der Waals surface area contributed by atoms with Crippen molar-refractivity contribution in [3.63, 3.8) is 0 Å². The highest BCUT2D eigenvalue weighted by molar-refractivity contribution is 6.11. The van der Waals surface area contributed by atoms with Crippen molar-refractivity contribution in [3.8, 4) is 0 Å². The van der Waals surface area contributed by atoms with Crippen molar-refractivity contribution in [2.24, 2.45) is 5.92 Å². The number of aromatic amines is 1. The molecule has 0 bridgehead atoms. The number of rotatable bonds is 5. The van der Waals surface area contributed by atoms with E-state index in [-0.39, 0.29) is 17.6 Å². The molecule has 1 aliphatic heterocycles. The highest BCUT2D eigenvalue weighted by Gasteiger charge is 2.55. The molecule has 3 amide bonds. The normalized spacial score (nSPS) is 23.8. The molecule has 2 aliphatic rings. The minimum absolute atomic E-state index is 0.00939. The van der Waals surface area contributed by atoms with E-state index in [0.717, 1.165) is 35.1 Å². The Morgan fingerprint density at radius 3 is 2.77 bits per heavy atom. The molecule has 4 rings (SSSR count). The van der Waals surface area contributed by atoms with Crippen LogP contribution >= 0.6 is 0 Å². The maximum absolute atomic E-state index is 12.9. The molecule has 2 aromatic rings. The first-order valence-corrected chi connectivity index (χ1v) is 10.2. The number of carbonyl (C=O) groups excluding carboxylic acids is 4. The number of aryl methyl sites for hydroxylation is 1. The Bertz CT molecular complexity index is 1040. The monoisotopic (exact) mass is 411 g/mol. The van der Waals surface area contributed by atoms with Crippen LogP contribution in [0.2, 0.25) is 0 Å². The zero-order chi connectivity index (χ0) is 21.5. The molecule has 1 aromatic heterocycles. The van der Waals surface area contributed by atoms with Crippen LogP contribution in [0.4, 0.5) is 4.79 Å². The molecule has 8 heteroatoms. The summed E-state index contributed by atoms with van der Waals surface area (Å²) in [6.45, 7) is 2.78. The van der Waals surface area contributed by atoms with Crippen molar-refractivity contribution in [3.05, 3.63) is 35.5 Å². The minimum atomic E-state index is -0.924. The Labute approximate surface area is 173 Å². The molecule has 8 nitrogen and oxygen atoms in total. The van der Waals surface area contributed by atoms with Crippen molar-refractivity contribution >= 4 is 34.6 Å². The number of amides is 3. The van der Waals surface area contributed by atoms with Gasteiger partial charge in [0.1, 0.15) is 12.1 Å². The number of ketones is 1. The number of urea groups is 1. The summed E-state index contributed by atoms with van der Waals surface area (Å²) in [6.07, 6.45) is 3.29. The molecular formula is C22H25N3O5. The lowest BCUT2D eigenvalue weighted by molar-refractivity contribution is -0.147. The lowest BCUT2D eigenvalue weighted by atomic mass is 9.73. The number of esters is 1. The molecule has 2 fully saturated rings. The van der Waals surface area contributed by atoms with Gasteiger partial charge in [-0.05, 0) is 31.7 Å². The van der Waals surface area contributed by atoms with Crippen molar-refractivity contribution in [1.29, 1.82) is 0 Å². The molecule has 2 heterocycles. The van der Waals surface area contributed by atoms with Crippen LogP contribution in [0.15, 0.2) is 24.3 Å². The summed E-state index contributed by atoms with van der Waals surface area (Å²) < 4.78 is 5.12. The third-order valence-corrected chi connectivity index (χ3v) is 6.33. The van der Waals surface area contributed by atoms with E-state index >= 15 is 0 Å². The number of benzene rings is 1. The predicted octanol–water partition coefficient (Wildman–Crippen LogP) is 2.70. The van der Waals surface area contributed by atoms with Crippen molar-refractivity contribution < 1.29 is 23.9 Å². The second-order valence-electron chi connectivity index (χ2n) is 8.19. The lowest BCUT2D eigenvalue weighted by Gasteiger charge is -2.36. The minimum Gasteiger partial charge on any atom is -0.456 e. The number of imide groups is 1. The van der Waals surface area contributed by atoms with Crippen LogP contribution in [0.1, 0.15) is 48.7 Å². The Morgan fingerprint density at radius 2 is 2.00 bits per heavy atom. The number of para-hydroxylation sites is 1. The van der Waals surface area contributed by atoms with Gasteiger partial charge in [0.2, 0.25) is 5.78 Å². The molecule has 0 radical (unpaired) electrons. The first-order valence-electron chi connectivity index (χ1n) is 10.2. The molecule has 158 valence electrons. The lowest BCUT2D eigenvalue weighted by Crippen LogP contribution is -2.54. The van der Waals surface area contributed by atoms with Crippen LogP contribution in [-0.4, -0.2) is 52.3 Å². The maximum Gasteiger partial charge on any atom is 0.326 e. The van der Waals surface area contributed by atoms with E-state index in [9.17, 15) is 19.2 Å². The first-order chi connectivity index (χ1) is 14.3. The third-order valence-electron chi connectivity index (χ3n) is 6.33. The number of aromatic nitrogens is 1. The average Bonchev–Trinajstić information content (AvgIpc) is 3.17. The molecule has 1 saturated carbocycles. The van der Waals surface area contributed by atoms with Gasteiger partial charge in [0.25, 0.3) is 5.91 Å². The number of hydrogen-bond acceptors (Lipinski definition) is 5. The second kappa shape index (κ2) is 7.59. The summed E-state index contributed by atoms with van der Waals surface area (Å²) >= 11 is 0. The summed E-state index contributed by atoms with van der Waals surface area (Å²) in [5, 5.41) is 3.56. The molecule has 1 aliphatic carbocycles. The summed E-state index contributed by atoms with van der Waals surface area (Å²) in [6, 6.07) is 6.81. The molecule has 2 N–H and O–H groups in total. The second-order valence-corrected chi connectivity index (χ2v) is 8.19. The molecule has 0 unspecified atom stereocenters. The van der Waals surface area contributed by atoms with Crippen LogP contribution in [-0.2, 0) is 14.3 Å². The Hall–Kier alpha value is -3.16. The van der Waals surface area contributed by atoms with E-state index in [4.69, 9.17) is 4.74 Å². The van der Waals surface area contributed by atoms with Gasteiger partial charge in [0.15, 0.2) is 6.61 Å². The van der Waals surface area contributed by atoms with E-state index in [0.29, 0.717) is 17.7 Å².